The van der Waals surface area contributed by atoms with Crippen LogP contribution in [-0.2, 0) is 0 Å². The van der Waals surface area contributed by atoms with Crippen molar-refractivity contribution in [2.75, 3.05) is 17.7 Å². The van der Waals surface area contributed by atoms with Gasteiger partial charge in [-0.25, -0.2) is 0 Å². The third kappa shape index (κ3) is 4.00. The molecule has 0 aliphatic heterocycles. The molecule has 0 fully saturated rings. The fraction of sp³-hybridized carbons (Fsp3) is 0.111. The van der Waals surface area contributed by atoms with Gasteiger partial charge in [-0.05, 0) is 48.9 Å². The summed E-state index contributed by atoms with van der Waals surface area (Å²) < 4.78 is 5.35. The maximum Gasteiger partial charge on any atom is 0.249 e. The lowest BCUT2D eigenvalue weighted by Gasteiger charge is -2.12. The summed E-state index contributed by atoms with van der Waals surface area (Å²) in [7, 11) is 1.62. The molecule has 0 spiro atoms. The predicted octanol–water partition coefficient (Wildman–Crippen LogP) is 3.55. The lowest BCUT2D eigenvalue weighted by molar-refractivity contribution is 0.416. The highest BCUT2D eigenvalue weighted by atomic mass is 16.5. The van der Waals surface area contributed by atoms with Gasteiger partial charge in [0.2, 0.25) is 5.95 Å². The maximum atomic E-state index is 8.83. The lowest BCUT2D eigenvalue weighted by atomic mass is 10.2. The summed E-state index contributed by atoms with van der Waals surface area (Å²) in [4.78, 5) is 4.39. The van der Waals surface area contributed by atoms with Crippen molar-refractivity contribution in [2.24, 2.45) is 0 Å². The first-order valence-electron chi connectivity index (χ1n) is 7.56. The summed E-state index contributed by atoms with van der Waals surface area (Å²) in [6, 6.07) is 14.9. The van der Waals surface area contributed by atoms with Crippen LogP contribution in [0.25, 0.3) is 0 Å². The zero-order chi connectivity index (χ0) is 17.6. The van der Waals surface area contributed by atoms with Crippen molar-refractivity contribution in [2.45, 2.75) is 6.92 Å². The Bertz CT molecular complexity index is 918. The average molecular weight is 332 g/mol. The zero-order valence-corrected chi connectivity index (χ0v) is 13.8. The van der Waals surface area contributed by atoms with E-state index in [1.807, 2.05) is 25.1 Å². The number of hydrogen-bond donors (Lipinski definition) is 2. The van der Waals surface area contributed by atoms with Crippen molar-refractivity contribution in [3.8, 4) is 11.8 Å². The van der Waals surface area contributed by atoms with E-state index in [0.29, 0.717) is 23.1 Å². The highest BCUT2D eigenvalue weighted by Crippen LogP contribution is 2.28. The average Bonchev–Trinajstić information content (AvgIpc) is 2.63. The number of anilines is 4. The first kappa shape index (κ1) is 16.2. The van der Waals surface area contributed by atoms with E-state index in [0.717, 1.165) is 16.9 Å². The smallest absolute Gasteiger partial charge is 0.249 e. The SMILES string of the molecule is COc1ccc(C)cc1Nc1cnnc(Nc2ccc(C#N)cc2)n1. The van der Waals surface area contributed by atoms with Crippen LogP contribution in [0.1, 0.15) is 11.1 Å². The van der Waals surface area contributed by atoms with Crippen molar-refractivity contribution in [3.05, 3.63) is 59.8 Å². The highest BCUT2D eigenvalue weighted by Gasteiger charge is 2.06. The van der Waals surface area contributed by atoms with E-state index >= 15 is 0 Å². The molecule has 1 heterocycles. The molecule has 2 N–H and O–H groups in total. The topological polar surface area (TPSA) is 95.8 Å². The maximum absolute atomic E-state index is 8.83. The monoisotopic (exact) mass is 332 g/mol. The quantitative estimate of drug-likeness (QED) is 0.737. The van der Waals surface area contributed by atoms with Gasteiger partial charge in [0.1, 0.15) is 5.75 Å². The van der Waals surface area contributed by atoms with Gasteiger partial charge < -0.3 is 15.4 Å². The van der Waals surface area contributed by atoms with Crippen LogP contribution >= 0.6 is 0 Å². The normalized spacial score (nSPS) is 9.96. The number of aryl methyl sites for hydroxylation is 1. The van der Waals surface area contributed by atoms with Crippen molar-refractivity contribution >= 4 is 23.1 Å². The van der Waals surface area contributed by atoms with E-state index in [2.05, 4.69) is 31.9 Å². The van der Waals surface area contributed by atoms with Crippen LogP contribution in [0.15, 0.2) is 48.7 Å². The molecule has 2 aromatic carbocycles. The Labute approximate surface area is 145 Å². The molecule has 1 aromatic heterocycles. The highest BCUT2D eigenvalue weighted by molar-refractivity contribution is 5.65. The first-order valence-corrected chi connectivity index (χ1v) is 7.56. The van der Waals surface area contributed by atoms with Gasteiger partial charge in [0.15, 0.2) is 5.82 Å². The second kappa shape index (κ2) is 7.27. The second-order valence-corrected chi connectivity index (χ2v) is 5.31. The molecule has 0 amide bonds. The molecular weight excluding hydrogens is 316 g/mol. The summed E-state index contributed by atoms with van der Waals surface area (Å²) in [5, 5.41) is 23.0. The lowest BCUT2D eigenvalue weighted by Crippen LogP contribution is -2.03. The minimum Gasteiger partial charge on any atom is -0.495 e. The van der Waals surface area contributed by atoms with Crippen molar-refractivity contribution in [3.63, 3.8) is 0 Å². The molecule has 124 valence electrons. The van der Waals surface area contributed by atoms with Crippen molar-refractivity contribution < 1.29 is 4.74 Å². The molecule has 3 rings (SSSR count). The Hall–Kier alpha value is -3.66. The Morgan fingerprint density at radius 1 is 1.08 bits per heavy atom. The fourth-order valence-electron chi connectivity index (χ4n) is 2.23. The van der Waals surface area contributed by atoms with Crippen LogP contribution in [-0.4, -0.2) is 22.3 Å². The van der Waals surface area contributed by atoms with Gasteiger partial charge in [-0.3, -0.25) is 0 Å². The number of nitrogens with one attached hydrogen (secondary N) is 2. The Morgan fingerprint density at radius 2 is 1.88 bits per heavy atom. The Kier molecular flexibility index (Phi) is 4.72. The number of ether oxygens (including phenoxy) is 1. The molecule has 0 radical (unpaired) electrons. The number of hydrogen-bond acceptors (Lipinski definition) is 7. The summed E-state index contributed by atoms with van der Waals surface area (Å²) in [5.41, 5.74) is 3.26. The van der Waals surface area contributed by atoms with Crippen molar-refractivity contribution in [1.29, 1.82) is 5.26 Å². The molecule has 0 saturated heterocycles. The van der Waals surface area contributed by atoms with E-state index in [-0.39, 0.29) is 0 Å². The van der Waals surface area contributed by atoms with Crippen LogP contribution in [0.3, 0.4) is 0 Å². The van der Waals surface area contributed by atoms with Crippen LogP contribution in [0.4, 0.5) is 23.1 Å². The largest absolute Gasteiger partial charge is 0.495 e. The fourth-order valence-corrected chi connectivity index (χ4v) is 2.23. The van der Waals surface area contributed by atoms with Crippen LogP contribution in [0.5, 0.6) is 5.75 Å². The minimum absolute atomic E-state index is 0.348. The van der Waals surface area contributed by atoms with Crippen LogP contribution in [0.2, 0.25) is 0 Å². The van der Waals surface area contributed by atoms with Gasteiger partial charge in [-0.1, -0.05) is 6.07 Å². The molecular formula is C18H16N6O. The standard InChI is InChI=1S/C18H16N6O/c1-12-3-8-16(25-2)15(9-12)22-17-11-20-24-18(23-17)21-14-6-4-13(10-19)5-7-14/h3-9,11H,1-2H3,(H2,21,22,23,24). The molecule has 3 aromatic rings. The van der Waals surface area contributed by atoms with Gasteiger partial charge in [-0.15, -0.1) is 5.10 Å². The number of methoxy groups -OCH3 is 1. The Balaban J connectivity index is 1.79. The first-order chi connectivity index (χ1) is 12.2. The van der Waals surface area contributed by atoms with Gasteiger partial charge in [0.25, 0.3) is 0 Å². The van der Waals surface area contributed by atoms with Crippen LogP contribution in [0, 0.1) is 18.3 Å². The van der Waals surface area contributed by atoms with Crippen molar-refractivity contribution in [1.82, 2.24) is 15.2 Å². The van der Waals surface area contributed by atoms with E-state index in [1.165, 1.54) is 6.20 Å². The number of aromatic nitrogens is 3. The molecule has 7 nitrogen and oxygen atoms in total. The summed E-state index contributed by atoms with van der Waals surface area (Å²) in [6.45, 7) is 2.00. The summed E-state index contributed by atoms with van der Waals surface area (Å²) in [6.07, 6.45) is 1.53. The van der Waals surface area contributed by atoms with Gasteiger partial charge >= 0.3 is 0 Å². The third-order valence-electron chi connectivity index (χ3n) is 3.45. The molecule has 0 atom stereocenters. The van der Waals surface area contributed by atoms with Crippen LogP contribution < -0.4 is 15.4 Å². The number of benzene rings is 2. The number of nitriles is 1. The molecule has 0 aliphatic carbocycles. The van der Waals surface area contributed by atoms with E-state index in [9.17, 15) is 0 Å². The zero-order valence-electron chi connectivity index (χ0n) is 13.8. The second-order valence-electron chi connectivity index (χ2n) is 5.31. The van der Waals surface area contributed by atoms with Gasteiger partial charge in [-0.2, -0.15) is 15.3 Å². The molecule has 0 aliphatic rings. The van der Waals surface area contributed by atoms with E-state index in [1.54, 1.807) is 31.4 Å². The minimum atomic E-state index is 0.348. The van der Waals surface area contributed by atoms with Gasteiger partial charge in [0.05, 0.1) is 30.6 Å². The number of nitrogens with zero attached hydrogens (tertiary/aromatic N) is 4. The van der Waals surface area contributed by atoms with E-state index < -0.39 is 0 Å². The summed E-state index contributed by atoms with van der Waals surface area (Å²) >= 11 is 0. The Morgan fingerprint density at radius 3 is 2.60 bits per heavy atom. The number of rotatable bonds is 5. The predicted molar refractivity (Wildman–Crippen MR) is 95.3 cm³/mol. The molecule has 0 unspecified atom stereocenters. The third-order valence-corrected chi connectivity index (χ3v) is 3.45. The summed E-state index contributed by atoms with van der Waals surface area (Å²) in [5.74, 6) is 1.60. The molecule has 7 heteroatoms. The molecule has 0 bridgehead atoms. The van der Waals surface area contributed by atoms with Gasteiger partial charge in [0, 0.05) is 5.69 Å². The molecule has 0 saturated carbocycles. The van der Waals surface area contributed by atoms with E-state index in [4.69, 9.17) is 10.00 Å². The molecule has 25 heavy (non-hydrogen) atoms.